The van der Waals surface area contributed by atoms with Gasteiger partial charge in [-0.3, -0.25) is 4.79 Å². The summed E-state index contributed by atoms with van der Waals surface area (Å²) in [5, 5.41) is 3.16. The van der Waals surface area contributed by atoms with Gasteiger partial charge >= 0.3 is 0 Å². The molecule has 0 fully saturated rings. The Morgan fingerprint density at radius 2 is 1.11 bits per heavy atom. The number of ether oxygens (including phenoxy) is 1. The van der Waals surface area contributed by atoms with Gasteiger partial charge in [0.25, 0.3) is 5.91 Å². The van der Waals surface area contributed by atoms with Crippen LogP contribution in [0.4, 0.5) is 0 Å². The Hall–Kier alpha value is -0.820. The predicted molar refractivity (Wildman–Crippen MR) is 151 cm³/mol. The van der Waals surface area contributed by atoms with Crippen molar-refractivity contribution >= 4 is 5.91 Å². The zero-order valence-electron chi connectivity index (χ0n) is 24.1. The number of nitrogens with zero attached hydrogens (tertiary/aromatic N) is 1. The highest BCUT2D eigenvalue weighted by atomic mass is 127. The van der Waals surface area contributed by atoms with Crippen molar-refractivity contribution < 1.29 is 38.0 Å². The lowest BCUT2D eigenvalue weighted by atomic mass is 10.1. The molecular formula is C31H57IN2O2. The van der Waals surface area contributed by atoms with Gasteiger partial charge in [0.2, 0.25) is 0 Å². The van der Waals surface area contributed by atoms with Crippen molar-refractivity contribution in [3.05, 3.63) is 29.8 Å². The van der Waals surface area contributed by atoms with Crippen molar-refractivity contribution in [3.63, 3.8) is 0 Å². The van der Waals surface area contributed by atoms with Gasteiger partial charge in [0.1, 0.15) is 5.75 Å². The lowest BCUT2D eigenvalue weighted by Crippen LogP contribution is -3.00. The predicted octanol–water partition coefficient (Wildman–Crippen LogP) is 5.16. The van der Waals surface area contributed by atoms with E-state index in [2.05, 4.69) is 26.2 Å². The van der Waals surface area contributed by atoms with Crippen LogP contribution in [0.2, 0.25) is 0 Å². The van der Waals surface area contributed by atoms with E-state index >= 15 is 0 Å². The van der Waals surface area contributed by atoms with E-state index in [0.717, 1.165) is 23.3 Å². The molecule has 210 valence electrons. The molecule has 0 saturated heterocycles. The highest BCUT2D eigenvalue weighted by Gasteiger charge is 2.21. The molecule has 0 heterocycles. The Morgan fingerprint density at radius 3 is 1.53 bits per heavy atom. The van der Waals surface area contributed by atoms with Gasteiger partial charge in [-0.05, 0) is 49.9 Å². The third-order valence-corrected chi connectivity index (χ3v) is 7.39. The number of methoxy groups -OCH3 is 1. The van der Waals surface area contributed by atoms with Crippen LogP contribution >= 0.6 is 0 Å². The molecule has 0 aliphatic heterocycles. The molecule has 1 aromatic carbocycles. The number of carbonyl (C=O) groups excluding carboxylic acids is 1. The van der Waals surface area contributed by atoms with Gasteiger partial charge in [-0.15, -0.1) is 0 Å². The van der Waals surface area contributed by atoms with Gasteiger partial charge in [-0.2, -0.15) is 0 Å². The molecule has 1 rings (SSSR count). The number of carbonyl (C=O) groups is 1. The largest absolute Gasteiger partial charge is 1.00 e. The first kappa shape index (κ1) is 35.2. The van der Waals surface area contributed by atoms with Gasteiger partial charge in [0, 0.05) is 5.56 Å². The molecule has 36 heavy (non-hydrogen) atoms. The Labute approximate surface area is 240 Å². The van der Waals surface area contributed by atoms with E-state index in [1.165, 1.54) is 116 Å². The fourth-order valence-corrected chi connectivity index (χ4v) is 4.87. The second-order valence-electron chi connectivity index (χ2n) is 10.7. The van der Waals surface area contributed by atoms with Crippen molar-refractivity contribution in [2.45, 2.75) is 117 Å². The van der Waals surface area contributed by atoms with E-state index in [9.17, 15) is 4.79 Å². The fraction of sp³-hybridized carbons (Fsp3) is 0.774. The molecule has 0 saturated carbocycles. The van der Waals surface area contributed by atoms with Crippen LogP contribution in [0.15, 0.2) is 24.3 Å². The Morgan fingerprint density at radius 1 is 0.694 bits per heavy atom. The molecule has 0 spiro atoms. The molecule has 1 amide bonds. The van der Waals surface area contributed by atoms with E-state index in [4.69, 9.17) is 4.74 Å². The molecule has 5 heteroatoms. The minimum absolute atomic E-state index is 0. The first-order chi connectivity index (χ1) is 17.0. The minimum Gasteiger partial charge on any atom is -1.00 e. The van der Waals surface area contributed by atoms with Crippen molar-refractivity contribution in [2.24, 2.45) is 0 Å². The first-order valence-electron chi connectivity index (χ1n) is 14.8. The lowest BCUT2D eigenvalue weighted by molar-refractivity contribution is -0.908. The van der Waals surface area contributed by atoms with E-state index < -0.39 is 0 Å². The summed E-state index contributed by atoms with van der Waals surface area (Å²) in [6.45, 7) is 8.76. The molecule has 0 aliphatic carbocycles. The monoisotopic (exact) mass is 616 g/mol. The maximum Gasteiger partial charge on any atom is 0.251 e. The maximum atomic E-state index is 12.6. The van der Waals surface area contributed by atoms with Crippen LogP contribution in [0.5, 0.6) is 5.75 Å². The molecular weight excluding hydrogens is 559 g/mol. The van der Waals surface area contributed by atoms with E-state index in [-0.39, 0.29) is 29.9 Å². The molecule has 1 N–H and O–H groups in total. The highest BCUT2D eigenvalue weighted by molar-refractivity contribution is 5.94. The Kier molecular flexibility index (Phi) is 22.8. The van der Waals surface area contributed by atoms with Crippen molar-refractivity contribution in [1.29, 1.82) is 0 Å². The van der Waals surface area contributed by atoms with Crippen LogP contribution in [-0.4, -0.2) is 50.7 Å². The van der Waals surface area contributed by atoms with E-state index in [1.807, 2.05) is 24.3 Å². The first-order valence-corrected chi connectivity index (χ1v) is 14.8. The van der Waals surface area contributed by atoms with Crippen molar-refractivity contribution in [3.8, 4) is 5.75 Å². The smallest absolute Gasteiger partial charge is 0.251 e. The van der Waals surface area contributed by atoms with Crippen LogP contribution in [0, 0.1) is 0 Å². The van der Waals surface area contributed by atoms with Gasteiger partial charge in [0.05, 0.1) is 40.3 Å². The minimum atomic E-state index is 0. The molecule has 0 aromatic heterocycles. The van der Waals surface area contributed by atoms with E-state index in [1.54, 1.807) is 7.11 Å². The standard InChI is InChI=1S/C31H56N2O2.HI/c1-5-7-9-11-13-15-17-19-26-33(3,27-20-18-16-14-12-10-8-6-2)28-25-32-31(34)29-21-23-30(35-4)24-22-29;/h21-24H,5-20,25-28H2,1-4H3;1H. The number of rotatable bonds is 23. The molecule has 0 bridgehead atoms. The summed E-state index contributed by atoms with van der Waals surface area (Å²) in [4.78, 5) is 12.6. The quantitative estimate of drug-likeness (QED) is 0.105. The topological polar surface area (TPSA) is 38.3 Å². The number of unbranched alkanes of at least 4 members (excludes halogenated alkanes) is 14. The maximum absolute atomic E-state index is 12.6. The van der Waals surface area contributed by atoms with Crippen molar-refractivity contribution in [2.75, 3.05) is 40.3 Å². The number of nitrogens with one attached hydrogen (secondary N) is 1. The van der Waals surface area contributed by atoms with Crippen LogP contribution in [0.1, 0.15) is 127 Å². The number of benzene rings is 1. The summed E-state index contributed by atoms with van der Waals surface area (Å²) >= 11 is 0. The van der Waals surface area contributed by atoms with Crippen LogP contribution in [0.3, 0.4) is 0 Å². The third-order valence-electron chi connectivity index (χ3n) is 7.39. The molecule has 0 radical (unpaired) electrons. The third kappa shape index (κ3) is 17.6. The zero-order valence-corrected chi connectivity index (χ0v) is 26.3. The number of hydrogen-bond acceptors (Lipinski definition) is 2. The fourth-order valence-electron chi connectivity index (χ4n) is 4.87. The lowest BCUT2D eigenvalue weighted by Gasteiger charge is -2.35. The number of halogens is 1. The average molecular weight is 617 g/mol. The molecule has 1 aromatic rings. The molecule has 0 unspecified atom stereocenters. The summed E-state index contributed by atoms with van der Waals surface area (Å²) in [6, 6.07) is 7.37. The molecule has 0 atom stereocenters. The number of quaternary nitrogens is 1. The van der Waals surface area contributed by atoms with Gasteiger partial charge in [0.15, 0.2) is 0 Å². The summed E-state index contributed by atoms with van der Waals surface area (Å²) in [5.41, 5.74) is 0.700. The second-order valence-corrected chi connectivity index (χ2v) is 10.7. The SMILES string of the molecule is CCCCCCCCCC[N+](C)(CCCCCCCCCC)CCNC(=O)c1ccc(OC)cc1.[I-]. The summed E-state index contributed by atoms with van der Waals surface area (Å²) in [6.07, 6.45) is 21.8. The van der Waals surface area contributed by atoms with Crippen LogP contribution in [0.25, 0.3) is 0 Å². The van der Waals surface area contributed by atoms with Gasteiger partial charge in [-0.1, -0.05) is 90.9 Å². The van der Waals surface area contributed by atoms with Crippen LogP contribution < -0.4 is 34.0 Å². The summed E-state index contributed by atoms with van der Waals surface area (Å²) < 4.78 is 6.28. The Bertz CT molecular complexity index is 616. The summed E-state index contributed by atoms with van der Waals surface area (Å²) in [7, 11) is 4.05. The number of amides is 1. The number of likely N-dealkylation sites (N-methyl/N-ethyl adjacent to an activating group) is 1. The highest BCUT2D eigenvalue weighted by Crippen LogP contribution is 2.15. The Balaban J connectivity index is 0.0000122. The molecule has 4 nitrogen and oxygen atoms in total. The van der Waals surface area contributed by atoms with Gasteiger partial charge < -0.3 is 38.5 Å². The van der Waals surface area contributed by atoms with Gasteiger partial charge in [-0.25, -0.2) is 0 Å². The van der Waals surface area contributed by atoms with Crippen molar-refractivity contribution in [1.82, 2.24) is 5.32 Å². The average Bonchev–Trinajstić information content (AvgIpc) is 2.87. The molecule has 0 aliphatic rings. The summed E-state index contributed by atoms with van der Waals surface area (Å²) in [5.74, 6) is 0.792. The zero-order chi connectivity index (χ0) is 25.6. The number of hydrogen-bond donors (Lipinski definition) is 1. The van der Waals surface area contributed by atoms with E-state index in [0.29, 0.717) is 5.56 Å². The van der Waals surface area contributed by atoms with Crippen LogP contribution in [-0.2, 0) is 0 Å². The normalized spacial score (nSPS) is 11.2. The second kappa shape index (κ2) is 23.3.